The highest BCUT2D eigenvalue weighted by Crippen LogP contribution is 2.27. The molecule has 3 rings (SSSR count). The van der Waals surface area contributed by atoms with Gasteiger partial charge in [0.1, 0.15) is 0 Å². The molecule has 5 heteroatoms. The van der Waals surface area contributed by atoms with Gasteiger partial charge in [0.25, 0.3) is 0 Å². The van der Waals surface area contributed by atoms with E-state index >= 15 is 0 Å². The normalized spacial score (nSPS) is 11.0. The zero-order valence-corrected chi connectivity index (χ0v) is 12.3. The predicted molar refractivity (Wildman–Crippen MR) is 82.8 cm³/mol. The first-order valence-electron chi connectivity index (χ1n) is 6.59. The maximum absolute atomic E-state index is 9.50. The van der Waals surface area contributed by atoms with Gasteiger partial charge in [-0.2, -0.15) is 0 Å². The van der Waals surface area contributed by atoms with E-state index in [1.54, 1.807) is 13.3 Å². The minimum atomic E-state index is -0.00466. The second-order valence-corrected chi connectivity index (χ2v) is 5.21. The molecule has 0 amide bonds. The fraction of sp³-hybridized carbons (Fsp3) is 0.188. The summed E-state index contributed by atoms with van der Waals surface area (Å²) < 4.78 is 7.33. The number of aliphatic hydroxyl groups excluding tert-OH is 1. The van der Waals surface area contributed by atoms with Crippen LogP contribution < -0.4 is 4.74 Å². The van der Waals surface area contributed by atoms with Crippen molar-refractivity contribution < 1.29 is 9.84 Å². The van der Waals surface area contributed by atoms with Crippen LogP contribution in [0.1, 0.15) is 11.1 Å². The third-order valence-electron chi connectivity index (χ3n) is 3.48. The van der Waals surface area contributed by atoms with Gasteiger partial charge in [-0.25, -0.2) is 4.98 Å². The molecule has 0 aliphatic carbocycles. The summed E-state index contributed by atoms with van der Waals surface area (Å²) in [5.41, 5.74) is 2.84. The van der Waals surface area contributed by atoms with Crippen LogP contribution in [0.25, 0.3) is 10.9 Å². The summed E-state index contributed by atoms with van der Waals surface area (Å²) in [4.78, 5) is 4.21. The Hall–Kier alpha value is -2.04. The van der Waals surface area contributed by atoms with E-state index in [2.05, 4.69) is 4.98 Å². The van der Waals surface area contributed by atoms with Crippen molar-refractivity contribution in [3.8, 4) is 5.88 Å². The van der Waals surface area contributed by atoms with Crippen molar-refractivity contribution in [2.45, 2.75) is 13.2 Å². The standard InChI is InChI=1S/C16H15ClN2O2/c1-21-16-11(3-2-6-18-16)8-19-9-12(10-20)14-5-4-13(17)7-15(14)19/h2-7,9,20H,8,10H2,1H3. The Bertz CT molecular complexity index is 783. The fourth-order valence-electron chi connectivity index (χ4n) is 2.51. The van der Waals surface area contributed by atoms with Gasteiger partial charge in [0.2, 0.25) is 5.88 Å². The molecule has 21 heavy (non-hydrogen) atoms. The quantitative estimate of drug-likeness (QED) is 0.805. The number of hydrogen-bond donors (Lipinski definition) is 1. The van der Waals surface area contributed by atoms with Gasteiger partial charge < -0.3 is 14.4 Å². The molecular formula is C16H15ClN2O2. The van der Waals surface area contributed by atoms with Crippen LogP contribution in [0, 0.1) is 0 Å². The van der Waals surface area contributed by atoms with E-state index in [0.717, 1.165) is 22.0 Å². The second kappa shape index (κ2) is 5.76. The third-order valence-corrected chi connectivity index (χ3v) is 3.72. The lowest BCUT2D eigenvalue weighted by atomic mass is 10.2. The van der Waals surface area contributed by atoms with E-state index in [1.807, 2.05) is 41.1 Å². The first-order valence-corrected chi connectivity index (χ1v) is 6.96. The van der Waals surface area contributed by atoms with Gasteiger partial charge in [0.05, 0.1) is 25.8 Å². The summed E-state index contributed by atoms with van der Waals surface area (Å²) in [6.45, 7) is 0.600. The maximum atomic E-state index is 9.50. The number of benzene rings is 1. The van der Waals surface area contributed by atoms with Gasteiger partial charge in [-0.3, -0.25) is 0 Å². The summed E-state index contributed by atoms with van der Waals surface area (Å²) in [5.74, 6) is 0.604. The molecule has 2 aromatic heterocycles. The Morgan fingerprint density at radius 3 is 2.90 bits per heavy atom. The summed E-state index contributed by atoms with van der Waals surface area (Å²) in [7, 11) is 1.61. The van der Waals surface area contributed by atoms with Crippen LogP contribution in [0.15, 0.2) is 42.7 Å². The summed E-state index contributed by atoms with van der Waals surface area (Å²) in [5, 5.41) is 11.2. The van der Waals surface area contributed by atoms with Crippen LogP contribution in [0.2, 0.25) is 5.02 Å². The summed E-state index contributed by atoms with van der Waals surface area (Å²) in [6.07, 6.45) is 3.64. The van der Waals surface area contributed by atoms with Crippen molar-refractivity contribution in [1.29, 1.82) is 0 Å². The average Bonchev–Trinajstić information content (AvgIpc) is 2.85. The van der Waals surface area contributed by atoms with Crippen molar-refractivity contribution >= 4 is 22.5 Å². The number of pyridine rings is 1. The van der Waals surface area contributed by atoms with E-state index in [0.29, 0.717) is 17.4 Å². The highest BCUT2D eigenvalue weighted by Gasteiger charge is 2.11. The molecule has 2 heterocycles. The van der Waals surface area contributed by atoms with Gasteiger partial charge in [-0.15, -0.1) is 0 Å². The lowest BCUT2D eigenvalue weighted by Crippen LogP contribution is -2.01. The van der Waals surface area contributed by atoms with E-state index in [4.69, 9.17) is 16.3 Å². The Labute approximate surface area is 127 Å². The smallest absolute Gasteiger partial charge is 0.218 e. The molecule has 3 aromatic rings. The zero-order chi connectivity index (χ0) is 14.8. The monoisotopic (exact) mass is 302 g/mol. The number of aliphatic hydroxyl groups is 1. The Kier molecular flexibility index (Phi) is 3.82. The number of aromatic nitrogens is 2. The Morgan fingerprint density at radius 2 is 2.14 bits per heavy atom. The van der Waals surface area contributed by atoms with Crippen molar-refractivity contribution in [2.24, 2.45) is 0 Å². The van der Waals surface area contributed by atoms with E-state index < -0.39 is 0 Å². The number of methoxy groups -OCH3 is 1. The van der Waals surface area contributed by atoms with Gasteiger partial charge in [-0.1, -0.05) is 23.7 Å². The maximum Gasteiger partial charge on any atom is 0.218 e. The zero-order valence-electron chi connectivity index (χ0n) is 11.6. The van der Waals surface area contributed by atoms with E-state index in [9.17, 15) is 5.11 Å². The molecular weight excluding hydrogens is 288 g/mol. The predicted octanol–water partition coefficient (Wildman–Crippen LogP) is 3.24. The van der Waals surface area contributed by atoms with Crippen LogP contribution in [-0.4, -0.2) is 21.8 Å². The minimum Gasteiger partial charge on any atom is -0.481 e. The van der Waals surface area contributed by atoms with Crippen molar-refractivity contribution in [1.82, 2.24) is 9.55 Å². The lowest BCUT2D eigenvalue weighted by molar-refractivity contribution is 0.283. The fourth-order valence-corrected chi connectivity index (χ4v) is 2.68. The van der Waals surface area contributed by atoms with Crippen molar-refractivity contribution in [3.63, 3.8) is 0 Å². The molecule has 0 radical (unpaired) electrons. The lowest BCUT2D eigenvalue weighted by Gasteiger charge is -2.09. The molecule has 0 aliphatic rings. The van der Waals surface area contributed by atoms with Crippen LogP contribution in [-0.2, 0) is 13.2 Å². The van der Waals surface area contributed by atoms with Crippen LogP contribution in [0.4, 0.5) is 0 Å². The molecule has 4 nitrogen and oxygen atoms in total. The highest BCUT2D eigenvalue weighted by atomic mass is 35.5. The van der Waals surface area contributed by atoms with Gasteiger partial charge in [0, 0.05) is 33.9 Å². The summed E-state index contributed by atoms with van der Waals surface area (Å²) >= 11 is 6.09. The van der Waals surface area contributed by atoms with Crippen LogP contribution in [0.3, 0.4) is 0 Å². The highest BCUT2D eigenvalue weighted by molar-refractivity contribution is 6.31. The van der Waals surface area contributed by atoms with Gasteiger partial charge in [-0.05, 0) is 18.2 Å². The summed E-state index contributed by atoms with van der Waals surface area (Å²) in [6, 6.07) is 9.52. The molecule has 108 valence electrons. The molecule has 1 aromatic carbocycles. The second-order valence-electron chi connectivity index (χ2n) is 4.77. The molecule has 0 bridgehead atoms. The molecule has 0 aliphatic heterocycles. The number of ether oxygens (including phenoxy) is 1. The number of hydrogen-bond acceptors (Lipinski definition) is 3. The minimum absolute atomic E-state index is 0.00466. The topological polar surface area (TPSA) is 47.3 Å². The molecule has 0 saturated heterocycles. The number of halogens is 1. The average molecular weight is 303 g/mol. The SMILES string of the molecule is COc1ncccc1Cn1cc(CO)c2ccc(Cl)cc21. The van der Waals surface area contributed by atoms with Gasteiger partial charge >= 0.3 is 0 Å². The largest absolute Gasteiger partial charge is 0.481 e. The number of nitrogens with zero attached hydrogens (tertiary/aromatic N) is 2. The molecule has 0 atom stereocenters. The third kappa shape index (κ3) is 2.60. The van der Waals surface area contributed by atoms with E-state index in [-0.39, 0.29) is 6.61 Å². The van der Waals surface area contributed by atoms with Crippen LogP contribution >= 0.6 is 11.6 Å². The van der Waals surface area contributed by atoms with Crippen LogP contribution in [0.5, 0.6) is 5.88 Å². The number of fused-ring (bicyclic) bond motifs is 1. The Morgan fingerprint density at radius 1 is 1.29 bits per heavy atom. The molecule has 0 spiro atoms. The molecule has 0 saturated carbocycles. The molecule has 0 unspecified atom stereocenters. The first-order chi connectivity index (χ1) is 10.2. The molecule has 0 fully saturated rings. The van der Waals surface area contributed by atoms with E-state index in [1.165, 1.54) is 0 Å². The van der Waals surface area contributed by atoms with Gasteiger partial charge in [0.15, 0.2) is 0 Å². The van der Waals surface area contributed by atoms with Crippen molar-refractivity contribution in [2.75, 3.05) is 7.11 Å². The van der Waals surface area contributed by atoms with Crippen molar-refractivity contribution in [3.05, 3.63) is 58.9 Å². The molecule has 1 N–H and O–H groups in total. The number of rotatable bonds is 4. The Balaban J connectivity index is 2.10. The first kappa shape index (κ1) is 13.9.